The second-order valence-corrected chi connectivity index (χ2v) is 7.80. The molecule has 29 heavy (non-hydrogen) atoms. The summed E-state index contributed by atoms with van der Waals surface area (Å²) in [5, 5.41) is 0. The molecule has 3 saturated heterocycles. The Morgan fingerprint density at radius 1 is 1.03 bits per heavy atom. The minimum atomic E-state index is -4.56. The van der Waals surface area contributed by atoms with E-state index in [-0.39, 0.29) is 29.6 Å². The molecule has 2 N–H and O–H groups in total. The number of carbonyl (C=O) groups excluding carboxylic acids is 1. The summed E-state index contributed by atoms with van der Waals surface area (Å²) in [5.41, 5.74) is 5.54. The van der Waals surface area contributed by atoms with E-state index in [1.54, 1.807) is 0 Å². The molecule has 0 unspecified atom stereocenters. The Balaban J connectivity index is 0.00000240. The lowest BCUT2D eigenvalue weighted by Gasteiger charge is -2.49. The van der Waals surface area contributed by atoms with Crippen LogP contribution in [0.4, 0.5) is 13.2 Å². The number of piperidine rings is 3. The van der Waals surface area contributed by atoms with Gasteiger partial charge in [-0.2, -0.15) is 13.2 Å². The Bertz CT molecular complexity index is 864. The van der Waals surface area contributed by atoms with Crippen LogP contribution in [0.1, 0.15) is 52.2 Å². The zero-order chi connectivity index (χ0) is 19.9. The normalized spacial score (nSPS) is 24.6. The van der Waals surface area contributed by atoms with E-state index < -0.39 is 23.6 Å². The number of rotatable bonds is 4. The molecule has 3 aliphatic heterocycles. The molecular weight excluding hydrogens is 401 g/mol. The van der Waals surface area contributed by atoms with Crippen LogP contribution in [-0.4, -0.2) is 29.9 Å². The van der Waals surface area contributed by atoms with E-state index in [0.29, 0.717) is 5.92 Å². The van der Waals surface area contributed by atoms with Crippen LogP contribution in [0, 0.1) is 5.92 Å². The molecule has 2 bridgehead atoms. The molecular formula is C22H24ClF3N2O. The van der Waals surface area contributed by atoms with Gasteiger partial charge in [0, 0.05) is 17.5 Å². The van der Waals surface area contributed by atoms with E-state index >= 15 is 0 Å². The first-order valence-electron chi connectivity index (χ1n) is 9.65. The van der Waals surface area contributed by atoms with Gasteiger partial charge in [-0.05, 0) is 61.5 Å². The van der Waals surface area contributed by atoms with Gasteiger partial charge >= 0.3 is 6.18 Å². The molecule has 7 heteroatoms. The summed E-state index contributed by atoms with van der Waals surface area (Å²) < 4.78 is 41.9. The van der Waals surface area contributed by atoms with Crippen LogP contribution >= 0.6 is 12.4 Å². The molecule has 0 radical (unpaired) electrons. The van der Waals surface area contributed by atoms with E-state index in [2.05, 4.69) is 4.90 Å². The molecule has 0 aliphatic carbocycles. The molecule has 3 fully saturated rings. The molecule has 2 aromatic carbocycles. The fourth-order valence-electron chi connectivity index (χ4n) is 4.96. The molecule has 3 heterocycles. The summed E-state index contributed by atoms with van der Waals surface area (Å²) in [7, 11) is 0. The third-order valence-electron chi connectivity index (χ3n) is 6.22. The molecule has 1 amide bonds. The van der Waals surface area contributed by atoms with Crippen LogP contribution < -0.4 is 5.73 Å². The van der Waals surface area contributed by atoms with E-state index in [1.165, 1.54) is 12.1 Å². The van der Waals surface area contributed by atoms with Gasteiger partial charge in [-0.3, -0.25) is 9.69 Å². The Labute approximate surface area is 174 Å². The molecule has 3 nitrogen and oxygen atoms in total. The Morgan fingerprint density at radius 2 is 1.69 bits per heavy atom. The van der Waals surface area contributed by atoms with Gasteiger partial charge in [-0.15, -0.1) is 12.4 Å². The first kappa shape index (κ1) is 21.7. The monoisotopic (exact) mass is 424 g/mol. The summed E-state index contributed by atoms with van der Waals surface area (Å²) in [4.78, 5) is 14.4. The topological polar surface area (TPSA) is 46.3 Å². The predicted molar refractivity (Wildman–Crippen MR) is 108 cm³/mol. The lowest BCUT2D eigenvalue weighted by molar-refractivity contribution is -0.138. The summed E-state index contributed by atoms with van der Waals surface area (Å²) in [6.45, 7) is 1.78. The fraction of sp³-hybridized carbons (Fsp3) is 0.409. The van der Waals surface area contributed by atoms with Gasteiger partial charge in [0.25, 0.3) is 0 Å². The number of alkyl halides is 3. The molecule has 156 valence electrons. The maximum absolute atomic E-state index is 14.0. The number of hydrogen-bond donors (Lipinski definition) is 1. The number of nitrogens with zero attached hydrogens (tertiary/aromatic N) is 1. The molecule has 2 aromatic rings. The number of halogens is 4. The number of benzene rings is 2. The molecule has 2 atom stereocenters. The summed E-state index contributed by atoms with van der Waals surface area (Å²) in [5.74, 6) is -0.848. The molecule has 0 saturated carbocycles. The Kier molecular flexibility index (Phi) is 6.24. The number of primary amides is 1. The van der Waals surface area contributed by atoms with Gasteiger partial charge in [-0.25, -0.2) is 0 Å². The highest BCUT2D eigenvalue weighted by Gasteiger charge is 2.44. The van der Waals surface area contributed by atoms with Crippen molar-refractivity contribution in [2.24, 2.45) is 11.7 Å². The summed E-state index contributed by atoms with van der Waals surface area (Å²) >= 11 is 0. The van der Waals surface area contributed by atoms with Gasteiger partial charge in [0.2, 0.25) is 5.91 Å². The summed E-state index contributed by atoms with van der Waals surface area (Å²) in [6, 6.07) is 12.9. The van der Waals surface area contributed by atoms with Crippen molar-refractivity contribution in [3.05, 3.63) is 70.8 Å². The van der Waals surface area contributed by atoms with E-state index in [4.69, 9.17) is 5.73 Å². The first-order chi connectivity index (χ1) is 13.4. The van der Waals surface area contributed by atoms with E-state index in [0.717, 1.165) is 44.0 Å². The van der Waals surface area contributed by atoms with Gasteiger partial charge in [-0.1, -0.05) is 36.4 Å². The van der Waals surface area contributed by atoms with Crippen molar-refractivity contribution in [2.45, 2.75) is 37.4 Å². The Hall–Kier alpha value is -2.05. The van der Waals surface area contributed by atoms with Crippen molar-refractivity contribution in [3.8, 4) is 0 Å². The number of fused-ring (bicyclic) bond motifs is 3. The maximum atomic E-state index is 14.0. The number of amides is 1. The highest BCUT2D eigenvalue weighted by atomic mass is 35.5. The number of carbonyl (C=O) groups is 1. The van der Waals surface area contributed by atoms with Crippen LogP contribution in [0.5, 0.6) is 0 Å². The Morgan fingerprint density at radius 3 is 2.21 bits per heavy atom. The molecule has 3 aliphatic rings. The quantitative estimate of drug-likeness (QED) is 0.763. The van der Waals surface area contributed by atoms with Crippen molar-refractivity contribution < 1.29 is 18.0 Å². The second kappa shape index (κ2) is 8.36. The van der Waals surface area contributed by atoms with E-state index in [1.807, 2.05) is 30.3 Å². The SMILES string of the molecule is Cl.NC(=O)c1cccc(C(F)(F)F)c1[C@H](c1ccccc1)[C@@H]1CC2CCN1CC2. The largest absolute Gasteiger partial charge is 0.416 e. The predicted octanol–water partition coefficient (Wildman–Crippen LogP) is 4.84. The van der Waals surface area contributed by atoms with Crippen molar-refractivity contribution in [1.82, 2.24) is 4.90 Å². The lowest BCUT2D eigenvalue weighted by atomic mass is 9.72. The third kappa shape index (κ3) is 4.14. The smallest absolute Gasteiger partial charge is 0.366 e. The van der Waals surface area contributed by atoms with Gasteiger partial charge in [0.15, 0.2) is 0 Å². The van der Waals surface area contributed by atoms with Crippen LogP contribution in [0.15, 0.2) is 48.5 Å². The first-order valence-corrected chi connectivity index (χ1v) is 9.65. The van der Waals surface area contributed by atoms with Gasteiger partial charge in [0.1, 0.15) is 0 Å². The molecule has 5 rings (SSSR count). The van der Waals surface area contributed by atoms with Gasteiger partial charge < -0.3 is 5.73 Å². The highest BCUT2D eigenvalue weighted by Crippen LogP contribution is 2.46. The van der Waals surface area contributed by atoms with Gasteiger partial charge in [0.05, 0.1) is 5.56 Å². The summed E-state index contributed by atoms with van der Waals surface area (Å²) in [6.07, 6.45) is -1.55. The highest BCUT2D eigenvalue weighted by molar-refractivity contribution is 5.95. The second-order valence-electron chi connectivity index (χ2n) is 7.80. The van der Waals surface area contributed by atoms with Crippen molar-refractivity contribution in [3.63, 3.8) is 0 Å². The van der Waals surface area contributed by atoms with Crippen LogP contribution in [0.25, 0.3) is 0 Å². The minimum Gasteiger partial charge on any atom is -0.366 e. The zero-order valence-corrected chi connectivity index (χ0v) is 16.7. The van der Waals surface area contributed by atoms with E-state index in [9.17, 15) is 18.0 Å². The van der Waals surface area contributed by atoms with Crippen molar-refractivity contribution >= 4 is 18.3 Å². The van der Waals surface area contributed by atoms with Crippen molar-refractivity contribution in [2.75, 3.05) is 13.1 Å². The third-order valence-corrected chi connectivity index (χ3v) is 6.22. The average Bonchev–Trinajstić information content (AvgIpc) is 2.69. The molecule has 0 spiro atoms. The minimum absolute atomic E-state index is 0. The van der Waals surface area contributed by atoms with Crippen LogP contribution in [0.3, 0.4) is 0 Å². The lowest BCUT2D eigenvalue weighted by Crippen LogP contribution is -2.51. The average molecular weight is 425 g/mol. The maximum Gasteiger partial charge on any atom is 0.416 e. The van der Waals surface area contributed by atoms with Crippen LogP contribution in [0.2, 0.25) is 0 Å². The number of nitrogens with two attached hydrogens (primary N) is 1. The number of hydrogen-bond acceptors (Lipinski definition) is 2. The standard InChI is InChI=1S/C22H23F3N2O.ClH/c23-22(24,25)17-8-4-7-16(21(26)28)20(17)19(15-5-2-1-3-6-15)18-13-14-9-11-27(18)12-10-14;/h1-8,14,18-19H,9-13H2,(H2,26,28);1H/t18-,19+;/m0./s1. The molecule has 0 aromatic heterocycles. The van der Waals surface area contributed by atoms with Crippen molar-refractivity contribution in [1.29, 1.82) is 0 Å². The fourth-order valence-corrected chi connectivity index (χ4v) is 4.96. The van der Waals surface area contributed by atoms with Crippen LogP contribution in [-0.2, 0) is 6.18 Å². The zero-order valence-electron chi connectivity index (χ0n) is 15.9.